The van der Waals surface area contributed by atoms with E-state index in [0.29, 0.717) is 5.92 Å². The number of ether oxygens (including phenoxy) is 1. The molecule has 0 aliphatic carbocycles. The van der Waals surface area contributed by atoms with Gasteiger partial charge in [0.1, 0.15) is 0 Å². The molecule has 0 bridgehead atoms. The predicted molar refractivity (Wildman–Crippen MR) is 50.6 cm³/mol. The van der Waals surface area contributed by atoms with Gasteiger partial charge in [0.05, 0.1) is 18.6 Å². The fourth-order valence-corrected chi connectivity index (χ4v) is 1.73. The zero-order valence-electron chi connectivity index (χ0n) is 8.29. The number of hydrogen-bond acceptors (Lipinski definition) is 2. The molecule has 1 unspecified atom stereocenters. The monoisotopic (exact) mass is 180 g/mol. The summed E-state index contributed by atoms with van der Waals surface area (Å²) in [6, 6.07) is 0. The van der Waals surface area contributed by atoms with Crippen molar-refractivity contribution in [2.75, 3.05) is 13.2 Å². The second-order valence-corrected chi connectivity index (χ2v) is 3.80. The van der Waals surface area contributed by atoms with Crippen LogP contribution >= 0.6 is 0 Å². The minimum atomic E-state index is 0.687. The van der Waals surface area contributed by atoms with Crippen LogP contribution in [0.25, 0.3) is 0 Å². The van der Waals surface area contributed by atoms with Gasteiger partial charge < -0.3 is 9.30 Å². The molecule has 0 amide bonds. The van der Waals surface area contributed by atoms with Gasteiger partial charge in [-0.3, -0.25) is 0 Å². The summed E-state index contributed by atoms with van der Waals surface area (Å²) in [5, 5.41) is 0. The Bertz CT molecular complexity index is 287. The summed E-state index contributed by atoms with van der Waals surface area (Å²) in [5.74, 6) is 0.687. The van der Waals surface area contributed by atoms with E-state index in [2.05, 4.69) is 23.4 Å². The van der Waals surface area contributed by atoms with Crippen LogP contribution in [0.4, 0.5) is 0 Å². The summed E-state index contributed by atoms with van der Waals surface area (Å²) in [6.45, 7) is 7.08. The van der Waals surface area contributed by atoms with Gasteiger partial charge in [-0.25, -0.2) is 4.98 Å². The lowest BCUT2D eigenvalue weighted by Crippen LogP contribution is -2.10. The number of rotatable bonds is 2. The first kappa shape index (κ1) is 8.75. The SMILES string of the molecule is Cc1ncn(CC2CCOC2)c1C. The standard InChI is InChI=1S/C10H16N2O/c1-8-9(2)12(7-11-8)5-10-3-4-13-6-10/h7,10H,3-6H2,1-2H3. The zero-order chi connectivity index (χ0) is 9.26. The second-order valence-electron chi connectivity index (χ2n) is 3.80. The van der Waals surface area contributed by atoms with Crippen molar-refractivity contribution in [2.24, 2.45) is 5.92 Å². The molecule has 0 radical (unpaired) electrons. The summed E-state index contributed by atoms with van der Waals surface area (Å²) in [6.07, 6.45) is 3.12. The van der Waals surface area contributed by atoms with Crippen LogP contribution in [-0.2, 0) is 11.3 Å². The van der Waals surface area contributed by atoms with Crippen molar-refractivity contribution in [1.29, 1.82) is 0 Å². The molecule has 0 spiro atoms. The van der Waals surface area contributed by atoms with Crippen LogP contribution in [0.3, 0.4) is 0 Å². The Hall–Kier alpha value is -0.830. The maximum Gasteiger partial charge on any atom is 0.0951 e. The van der Waals surface area contributed by atoms with E-state index in [4.69, 9.17) is 4.74 Å². The number of hydrogen-bond donors (Lipinski definition) is 0. The Morgan fingerprint density at radius 2 is 2.46 bits per heavy atom. The first-order chi connectivity index (χ1) is 6.27. The number of aromatic nitrogens is 2. The van der Waals surface area contributed by atoms with Crippen molar-refractivity contribution in [3.8, 4) is 0 Å². The highest BCUT2D eigenvalue weighted by atomic mass is 16.5. The second kappa shape index (κ2) is 3.50. The third-order valence-electron chi connectivity index (χ3n) is 2.82. The van der Waals surface area contributed by atoms with E-state index in [1.165, 1.54) is 12.1 Å². The number of imidazole rings is 1. The molecule has 1 aromatic rings. The lowest BCUT2D eigenvalue weighted by molar-refractivity contribution is 0.182. The molecule has 1 aliphatic heterocycles. The molecule has 1 aliphatic rings. The molecule has 1 fully saturated rings. The Morgan fingerprint density at radius 3 is 3.00 bits per heavy atom. The van der Waals surface area contributed by atoms with Gasteiger partial charge in [0.25, 0.3) is 0 Å². The normalized spacial score (nSPS) is 22.5. The Kier molecular flexibility index (Phi) is 2.36. The van der Waals surface area contributed by atoms with Crippen molar-refractivity contribution in [3.05, 3.63) is 17.7 Å². The molecule has 3 nitrogen and oxygen atoms in total. The highest BCUT2D eigenvalue weighted by Gasteiger charge is 2.16. The average Bonchev–Trinajstić information content (AvgIpc) is 2.71. The van der Waals surface area contributed by atoms with Gasteiger partial charge in [0.2, 0.25) is 0 Å². The van der Waals surface area contributed by atoms with E-state index >= 15 is 0 Å². The molecule has 0 N–H and O–H groups in total. The van der Waals surface area contributed by atoms with Crippen LogP contribution < -0.4 is 0 Å². The van der Waals surface area contributed by atoms with Gasteiger partial charge in [0.15, 0.2) is 0 Å². The number of aryl methyl sites for hydroxylation is 1. The van der Waals surface area contributed by atoms with E-state index in [9.17, 15) is 0 Å². The predicted octanol–water partition coefficient (Wildman–Crippen LogP) is 1.54. The minimum Gasteiger partial charge on any atom is -0.381 e. The molecule has 1 atom stereocenters. The fraction of sp³-hybridized carbons (Fsp3) is 0.700. The summed E-state index contributed by atoms with van der Waals surface area (Å²) in [7, 11) is 0. The Labute approximate surface area is 78.7 Å². The summed E-state index contributed by atoms with van der Waals surface area (Å²) in [5.41, 5.74) is 2.42. The van der Waals surface area contributed by atoms with Gasteiger partial charge >= 0.3 is 0 Å². The van der Waals surface area contributed by atoms with E-state index in [1.807, 2.05) is 6.33 Å². The summed E-state index contributed by atoms with van der Waals surface area (Å²) in [4.78, 5) is 4.28. The summed E-state index contributed by atoms with van der Waals surface area (Å²) < 4.78 is 7.57. The average molecular weight is 180 g/mol. The number of nitrogens with zero attached hydrogens (tertiary/aromatic N) is 2. The van der Waals surface area contributed by atoms with Crippen LogP contribution in [0.1, 0.15) is 17.8 Å². The maximum absolute atomic E-state index is 5.34. The quantitative estimate of drug-likeness (QED) is 0.690. The van der Waals surface area contributed by atoms with E-state index in [-0.39, 0.29) is 0 Å². The lowest BCUT2D eigenvalue weighted by atomic mass is 10.1. The van der Waals surface area contributed by atoms with Crippen molar-refractivity contribution < 1.29 is 4.74 Å². The maximum atomic E-state index is 5.34. The molecule has 3 heteroatoms. The zero-order valence-corrected chi connectivity index (χ0v) is 8.29. The fourth-order valence-electron chi connectivity index (χ4n) is 1.73. The first-order valence-corrected chi connectivity index (χ1v) is 4.83. The molecule has 1 aromatic heterocycles. The van der Waals surface area contributed by atoms with Gasteiger partial charge in [-0.1, -0.05) is 0 Å². The Morgan fingerprint density at radius 1 is 1.62 bits per heavy atom. The van der Waals surface area contributed by atoms with Crippen LogP contribution in [0.5, 0.6) is 0 Å². The molecule has 2 rings (SSSR count). The van der Waals surface area contributed by atoms with Gasteiger partial charge in [-0.15, -0.1) is 0 Å². The molecule has 1 saturated heterocycles. The van der Waals surface area contributed by atoms with E-state index in [1.54, 1.807) is 0 Å². The van der Waals surface area contributed by atoms with Crippen LogP contribution in [0, 0.1) is 19.8 Å². The van der Waals surface area contributed by atoms with Crippen LogP contribution in [0.2, 0.25) is 0 Å². The highest BCUT2D eigenvalue weighted by molar-refractivity contribution is 5.08. The van der Waals surface area contributed by atoms with Gasteiger partial charge in [-0.05, 0) is 20.3 Å². The van der Waals surface area contributed by atoms with Crippen molar-refractivity contribution >= 4 is 0 Å². The van der Waals surface area contributed by atoms with E-state index in [0.717, 1.165) is 25.5 Å². The minimum absolute atomic E-state index is 0.687. The van der Waals surface area contributed by atoms with Gasteiger partial charge in [0, 0.05) is 24.8 Å². The largest absolute Gasteiger partial charge is 0.381 e. The van der Waals surface area contributed by atoms with Crippen molar-refractivity contribution in [3.63, 3.8) is 0 Å². The van der Waals surface area contributed by atoms with Crippen molar-refractivity contribution in [2.45, 2.75) is 26.8 Å². The molecule has 72 valence electrons. The van der Waals surface area contributed by atoms with E-state index < -0.39 is 0 Å². The Balaban J connectivity index is 2.04. The topological polar surface area (TPSA) is 27.1 Å². The van der Waals surface area contributed by atoms with Gasteiger partial charge in [-0.2, -0.15) is 0 Å². The molecule has 0 saturated carbocycles. The molecule has 0 aromatic carbocycles. The summed E-state index contributed by atoms with van der Waals surface area (Å²) >= 11 is 0. The molecular formula is C10H16N2O. The molecule has 2 heterocycles. The molecular weight excluding hydrogens is 164 g/mol. The third kappa shape index (κ3) is 1.75. The smallest absolute Gasteiger partial charge is 0.0951 e. The third-order valence-corrected chi connectivity index (χ3v) is 2.82. The van der Waals surface area contributed by atoms with Crippen molar-refractivity contribution in [1.82, 2.24) is 9.55 Å². The van der Waals surface area contributed by atoms with Crippen LogP contribution in [-0.4, -0.2) is 22.8 Å². The highest BCUT2D eigenvalue weighted by Crippen LogP contribution is 2.16. The van der Waals surface area contributed by atoms with Crippen LogP contribution in [0.15, 0.2) is 6.33 Å². The first-order valence-electron chi connectivity index (χ1n) is 4.83. The molecule has 13 heavy (non-hydrogen) atoms. The lowest BCUT2D eigenvalue weighted by Gasteiger charge is -2.09.